The summed E-state index contributed by atoms with van der Waals surface area (Å²) in [6.45, 7) is 62.7. The number of aliphatic hydroxyl groups excluding tert-OH is 1. The van der Waals surface area contributed by atoms with Crippen molar-refractivity contribution in [2.24, 2.45) is 46.6 Å². The first-order valence-electron chi connectivity index (χ1n) is 30.8. The monoisotopic (exact) mass is 1450 g/mol. The van der Waals surface area contributed by atoms with Crippen LogP contribution >= 0.6 is 0 Å². The lowest BCUT2D eigenvalue weighted by Crippen LogP contribution is -2.54. The minimum absolute atomic E-state index is 0. The molecule has 1 heterocycles. The Kier molecular flexibility index (Phi) is 316. The number of benzene rings is 3. The Hall–Kier alpha value is -7.67. The van der Waals surface area contributed by atoms with E-state index < -0.39 is 12.1 Å². The molecule has 0 unspecified atom stereocenters. The molecule has 1 fully saturated rings. The van der Waals surface area contributed by atoms with Crippen LogP contribution in [0.1, 0.15) is 187 Å². The number of nitrogens with one attached hydrogen (secondary N) is 1. The van der Waals surface area contributed by atoms with E-state index in [2.05, 4.69) is 174 Å². The molecule has 0 aromatic heterocycles. The van der Waals surface area contributed by atoms with Crippen LogP contribution in [0.4, 0.5) is 0 Å². The van der Waals surface area contributed by atoms with Gasteiger partial charge >= 0.3 is 0 Å². The third-order valence-corrected chi connectivity index (χ3v) is 9.07. The molecule has 0 spiro atoms. The van der Waals surface area contributed by atoms with E-state index >= 15 is 0 Å². The highest BCUT2D eigenvalue weighted by Gasteiger charge is 2.29. The molecule has 0 radical (unpaired) electrons. The highest BCUT2D eigenvalue weighted by atomic mass is 16.3. The fraction of sp³-hybridized carbons (Fsp3) is 0.575. The average Bonchev–Trinajstić information content (AvgIpc) is 0.855. The van der Waals surface area contributed by atoms with Crippen molar-refractivity contribution in [3.8, 4) is 0 Å². The Balaban J connectivity index is -0.0000000284. The SMILES string of the molecule is C=O.C=O.C=O.C=O.C=O.C=O.C=O.C=O.C=O.C=O.CC.CC(=O)N(C)[C@@H](Cc1ccccc1)C(=O)N[C@@H](C)C(=O)N1CCCCC1.CC(C)C.CC(C)C.CC(C)O.CCC(C)C.CCC(C)C.CCc1ccccc1.CCc1ccccc1.CN.CN.CN.CN.N.N.N.N.N.N. The molecule has 1 aliphatic heterocycles. The highest BCUT2D eigenvalue weighted by molar-refractivity contribution is 5.91. The number of aryl methyl sites for hydroxylation is 2. The van der Waals surface area contributed by atoms with Crippen molar-refractivity contribution in [2.45, 2.75) is 208 Å². The molecule has 1 aliphatic rings. The van der Waals surface area contributed by atoms with E-state index in [9.17, 15) is 14.4 Å². The Morgan fingerprint density at radius 1 is 0.430 bits per heavy atom. The highest BCUT2D eigenvalue weighted by Crippen LogP contribution is 2.12. The lowest BCUT2D eigenvalue weighted by Gasteiger charge is -2.31. The summed E-state index contributed by atoms with van der Waals surface area (Å²) in [5.74, 6) is 2.90. The maximum absolute atomic E-state index is 12.8. The number of carbonyl (C=O) groups is 13. The van der Waals surface area contributed by atoms with Gasteiger partial charge < -0.3 is 128 Å². The number of hydrogen-bond acceptors (Lipinski definition) is 24. The predicted molar refractivity (Wildman–Crippen MR) is 434 cm³/mol. The van der Waals surface area contributed by atoms with Gasteiger partial charge in [-0.1, -0.05) is 215 Å². The molecule has 27 nitrogen and oxygen atoms in total. The van der Waals surface area contributed by atoms with Crippen LogP contribution in [-0.2, 0) is 81.6 Å². The largest absolute Gasteiger partial charge is 0.394 e. The molecular weight excluding hydrogens is 1280 g/mol. The zero-order valence-electron chi connectivity index (χ0n) is 68.5. The van der Waals surface area contributed by atoms with E-state index in [0.29, 0.717) is 6.42 Å². The van der Waals surface area contributed by atoms with Gasteiger partial charge in [0, 0.05) is 39.6 Å². The van der Waals surface area contributed by atoms with Crippen LogP contribution < -0.4 is 65.2 Å². The first-order chi connectivity index (χ1) is 45.0. The summed E-state index contributed by atoms with van der Waals surface area (Å²) in [6.07, 6.45) is 8.30. The van der Waals surface area contributed by atoms with Crippen LogP contribution in [0.3, 0.4) is 0 Å². The number of likely N-dealkylation sites (N-methyl/N-ethyl adjacent to an activating group) is 1. The molecule has 27 heteroatoms. The standard InChI is InChI=1S/C20H29N3O3.2C8H10.2C5H12.2C4H10.C3H8O.C2H6.4CH5N.10CH2O.6H3N/c1-15(20(26)23-12-8-5-9-13-23)21-19(25)18(22(3)16(2)24)14-17-10-6-4-7-11-17;2*1-2-8-6-4-3-5-7-8;2*1-4-5(2)3;2*1-4(2)3;1-3(2)4;15*1-2;;;;;;/h4,6-7,10-11,15,18H,5,8-9,12-14H2,1-3H3,(H,21,25);2*3-7H,2H2,1H3;2*5H,4H2,1-3H3;2*4H,1-3H3;3-4H,1-2H3;1-2H3;4*2H2,1H3;10*1H2;6*1H3/t15-,18-;;;;;;;;;;;;;;;;;;;;;;;;;;;;/m0............................/s1. The number of rotatable bonds is 10. The second-order valence-electron chi connectivity index (χ2n) is 18.8. The summed E-state index contributed by atoms with van der Waals surface area (Å²) >= 11 is 0. The van der Waals surface area contributed by atoms with Gasteiger partial charge in [0.1, 0.15) is 80.0 Å². The van der Waals surface area contributed by atoms with Gasteiger partial charge in [-0.05, 0) is 121 Å². The molecule has 1 saturated heterocycles. The zero-order valence-corrected chi connectivity index (χ0v) is 68.5. The Labute approximate surface area is 613 Å². The molecule has 100 heavy (non-hydrogen) atoms. The quantitative estimate of drug-likeness (QED) is 0.0897. The second kappa shape index (κ2) is 186. The second-order valence-corrected chi connectivity index (χ2v) is 18.8. The van der Waals surface area contributed by atoms with Crippen molar-refractivity contribution in [3.63, 3.8) is 0 Å². The molecule has 606 valence electrons. The van der Waals surface area contributed by atoms with Crippen LogP contribution in [0, 0.1) is 23.7 Å². The van der Waals surface area contributed by atoms with Crippen molar-refractivity contribution < 1.29 is 67.4 Å². The van der Waals surface area contributed by atoms with Crippen molar-refractivity contribution in [3.05, 3.63) is 108 Å². The number of likely N-dealkylation sites (tertiary alicyclic amines) is 1. The minimum atomic E-state index is -0.647. The lowest BCUT2D eigenvalue weighted by molar-refractivity contribution is -0.140. The van der Waals surface area contributed by atoms with Gasteiger partial charge in [0.25, 0.3) is 0 Å². The number of nitrogens with zero attached hydrogens (tertiary/aromatic N) is 2. The van der Waals surface area contributed by atoms with Gasteiger partial charge in [0.05, 0.1) is 0 Å². The Morgan fingerprint density at radius 3 is 0.780 bits per heavy atom. The minimum Gasteiger partial charge on any atom is -0.394 e. The number of amides is 3. The number of piperidine rings is 1. The van der Waals surface area contributed by atoms with E-state index in [1.54, 1.807) is 27.8 Å². The summed E-state index contributed by atoms with van der Waals surface area (Å²) < 4.78 is 0. The molecule has 4 rings (SSSR count). The van der Waals surface area contributed by atoms with E-state index in [-0.39, 0.29) is 60.7 Å². The first kappa shape index (κ1) is 170. The molecule has 3 aromatic carbocycles. The summed E-state index contributed by atoms with van der Waals surface area (Å²) in [6, 6.07) is 29.2. The number of aliphatic hydroxyl groups is 1. The van der Waals surface area contributed by atoms with Gasteiger partial charge in [-0.2, -0.15) is 0 Å². The lowest BCUT2D eigenvalue weighted by atomic mass is 10.0. The molecule has 28 N–H and O–H groups in total. The van der Waals surface area contributed by atoms with Crippen LogP contribution in [0.25, 0.3) is 0 Å². The molecule has 3 amide bonds. The number of hydrogen-bond donors (Lipinski definition) is 12. The summed E-state index contributed by atoms with van der Waals surface area (Å²) in [4.78, 5) is 120. The van der Waals surface area contributed by atoms with Crippen molar-refractivity contribution in [1.82, 2.24) is 52.0 Å². The molecule has 0 saturated carbocycles. The summed E-state index contributed by atoms with van der Waals surface area (Å²) in [5.41, 5.74) is 21.8. The van der Waals surface area contributed by atoms with Crippen LogP contribution in [0.15, 0.2) is 91.0 Å². The number of nitrogens with two attached hydrogens (primary N) is 4. The molecule has 2 atom stereocenters. The van der Waals surface area contributed by atoms with E-state index in [1.807, 2.05) is 129 Å². The summed E-state index contributed by atoms with van der Waals surface area (Å²) in [5, 5.41) is 10.9. The zero-order chi connectivity index (χ0) is 80.0. The van der Waals surface area contributed by atoms with E-state index in [4.69, 9.17) is 53.1 Å². The Bertz CT molecular complexity index is 1590. The molecular formula is C73H165N13O14. The fourth-order valence-electron chi connectivity index (χ4n) is 4.65. The molecule has 3 aromatic rings. The van der Waals surface area contributed by atoms with Gasteiger partial charge in [0.2, 0.25) is 17.7 Å². The van der Waals surface area contributed by atoms with Crippen molar-refractivity contribution in [2.75, 3.05) is 48.3 Å². The van der Waals surface area contributed by atoms with E-state index in [1.165, 1.54) is 64.0 Å². The molecule has 0 aliphatic carbocycles. The van der Waals surface area contributed by atoms with Gasteiger partial charge in [0.15, 0.2) is 0 Å². The van der Waals surface area contributed by atoms with Gasteiger partial charge in [-0.15, -0.1) is 0 Å². The average molecular weight is 1450 g/mol. The normalized spacial score (nSPS) is 8.49. The maximum atomic E-state index is 12.8. The molecule has 0 bridgehead atoms. The van der Waals surface area contributed by atoms with Gasteiger partial charge in [-0.3, -0.25) is 14.4 Å². The smallest absolute Gasteiger partial charge is 0.244 e. The first-order valence-corrected chi connectivity index (χ1v) is 30.8. The fourth-order valence-corrected chi connectivity index (χ4v) is 4.65. The summed E-state index contributed by atoms with van der Waals surface area (Å²) in [7, 11) is 7.62. The number of carbonyl (C=O) groups excluding carboxylic acids is 13. The third-order valence-electron chi connectivity index (χ3n) is 9.07. The van der Waals surface area contributed by atoms with Gasteiger partial charge in [-0.25, -0.2) is 0 Å². The van der Waals surface area contributed by atoms with Crippen LogP contribution in [-0.4, -0.2) is 167 Å². The van der Waals surface area contributed by atoms with Crippen LogP contribution in [0.2, 0.25) is 0 Å². The maximum Gasteiger partial charge on any atom is 0.244 e. The van der Waals surface area contributed by atoms with Crippen molar-refractivity contribution in [1.29, 1.82) is 0 Å². The predicted octanol–water partition coefficient (Wildman–Crippen LogP) is 12.4. The van der Waals surface area contributed by atoms with E-state index in [0.717, 1.165) is 74.4 Å². The Morgan fingerprint density at radius 2 is 0.620 bits per heavy atom. The third kappa shape index (κ3) is 198. The topological polar surface area (TPSA) is 575 Å². The van der Waals surface area contributed by atoms with Crippen LogP contribution in [0.5, 0.6) is 0 Å². The van der Waals surface area contributed by atoms with Crippen molar-refractivity contribution >= 4 is 85.6 Å².